The number of hydrogen-bond acceptors (Lipinski definition) is 4. The van der Waals surface area contributed by atoms with E-state index in [1.54, 1.807) is 0 Å². The Morgan fingerprint density at radius 2 is 1.52 bits per heavy atom. The Hall–Kier alpha value is -2.53. The van der Waals surface area contributed by atoms with E-state index in [0.29, 0.717) is 13.2 Å². The number of anilines is 1. The maximum absolute atomic E-state index is 12.8. The van der Waals surface area contributed by atoms with Crippen LogP contribution in [0.1, 0.15) is 56.0 Å². The van der Waals surface area contributed by atoms with Crippen molar-refractivity contribution in [3.8, 4) is 11.5 Å². The Bertz CT molecular complexity index is 825. The second-order valence-corrected chi connectivity index (χ2v) is 7.45. The molecule has 0 radical (unpaired) electrons. The van der Waals surface area contributed by atoms with Crippen LogP contribution in [0.2, 0.25) is 0 Å². The summed E-state index contributed by atoms with van der Waals surface area (Å²) in [7, 11) is 0. The van der Waals surface area contributed by atoms with E-state index in [-0.39, 0.29) is 18.0 Å². The van der Waals surface area contributed by atoms with Gasteiger partial charge in [0, 0.05) is 11.7 Å². The van der Waals surface area contributed by atoms with E-state index in [0.717, 1.165) is 33.9 Å². The zero-order valence-corrected chi connectivity index (χ0v) is 18.7. The summed E-state index contributed by atoms with van der Waals surface area (Å²) in [6.45, 7) is 15.1. The molecule has 1 amide bonds. The third-order valence-corrected chi connectivity index (χ3v) is 4.89. The fraction of sp³-hybridized carbons (Fsp3) is 0.458. The SMILES string of the molecule is CCOc1ccc([C@@H](C)N[C@H](C)C(=O)Nc2c(C)cc(C)cc2C)cc1OCC. The maximum atomic E-state index is 12.8. The van der Waals surface area contributed by atoms with Crippen LogP contribution in [-0.4, -0.2) is 25.2 Å². The molecule has 0 aromatic heterocycles. The number of ether oxygens (including phenoxy) is 2. The summed E-state index contributed by atoms with van der Waals surface area (Å²) in [6, 6.07) is 9.69. The van der Waals surface area contributed by atoms with Gasteiger partial charge in [-0.3, -0.25) is 10.1 Å². The second kappa shape index (κ2) is 10.3. The number of benzene rings is 2. The summed E-state index contributed by atoms with van der Waals surface area (Å²) in [4.78, 5) is 12.8. The molecular formula is C24H34N2O3. The van der Waals surface area contributed by atoms with Crippen molar-refractivity contribution in [2.75, 3.05) is 18.5 Å². The molecule has 0 spiro atoms. The van der Waals surface area contributed by atoms with Crippen molar-refractivity contribution in [2.24, 2.45) is 0 Å². The summed E-state index contributed by atoms with van der Waals surface area (Å²) >= 11 is 0. The van der Waals surface area contributed by atoms with Gasteiger partial charge in [0.2, 0.25) is 5.91 Å². The van der Waals surface area contributed by atoms with Gasteiger partial charge < -0.3 is 14.8 Å². The molecule has 2 N–H and O–H groups in total. The predicted molar refractivity (Wildman–Crippen MR) is 119 cm³/mol. The van der Waals surface area contributed by atoms with Gasteiger partial charge in [-0.2, -0.15) is 0 Å². The molecule has 0 aliphatic heterocycles. The third kappa shape index (κ3) is 5.97. The average Bonchev–Trinajstić information content (AvgIpc) is 2.66. The van der Waals surface area contributed by atoms with Crippen molar-refractivity contribution < 1.29 is 14.3 Å². The lowest BCUT2D eigenvalue weighted by Crippen LogP contribution is -2.39. The highest BCUT2D eigenvalue weighted by molar-refractivity contribution is 5.96. The van der Waals surface area contributed by atoms with Crippen LogP contribution in [-0.2, 0) is 4.79 Å². The van der Waals surface area contributed by atoms with Crippen molar-refractivity contribution in [1.29, 1.82) is 0 Å². The van der Waals surface area contributed by atoms with Crippen LogP contribution < -0.4 is 20.1 Å². The molecule has 5 nitrogen and oxygen atoms in total. The van der Waals surface area contributed by atoms with Gasteiger partial charge in [-0.1, -0.05) is 23.8 Å². The Kier molecular flexibility index (Phi) is 8.09. The molecule has 2 rings (SSSR count). The van der Waals surface area contributed by atoms with Crippen molar-refractivity contribution in [3.63, 3.8) is 0 Å². The topological polar surface area (TPSA) is 59.6 Å². The first-order chi connectivity index (χ1) is 13.8. The molecule has 158 valence electrons. The van der Waals surface area contributed by atoms with E-state index in [9.17, 15) is 4.79 Å². The standard InChI is InChI=1S/C24H34N2O3/c1-8-28-21-11-10-20(14-22(21)29-9-2)18(6)25-19(7)24(27)26-23-16(4)12-15(3)13-17(23)5/h10-14,18-19,25H,8-9H2,1-7H3,(H,26,27)/t18-,19-/m1/s1. The fourth-order valence-corrected chi connectivity index (χ4v) is 3.49. The highest BCUT2D eigenvalue weighted by Crippen LogP contribution is 2.31. The molecule has 0 saturated heterocycles. The van der Waals surface area contributed by atoms with Crippen LogP contribution in [0.15, 0.2) is 30.3 Å². The molecule has 5 heteroatoms. The molecule has 2 aromatic rings. The number of amides is 1. The minimum absolute atomic E-state index is 0.0224. The highest BCUT2D eigenvalue weighted by Gasteiger charge is 2.19. The quantitative estimate of drug-likeness (QED) is 0.618. The van der Waals surface area contributed by atoms with Crippen LogP contribution in [0.4, 0.5) is 5.69 Å². The summed E-state index contributed by atoms with van der Waals surface area (Å²) in [6.07, 6.45) is 0. The predicted octanol–water partition coefficient (Wildman–Crippen LogP) is 5.09. The Balaban J connectivity index is 2.09. The number of aryl methyl sites for hydroxylation is 3. The van der Waals surface area contributed by atoms with Crippen molar-refractivity contribution in [3.05, 3.63) is 52.6 Å². The molecule has 0 fully saturated rings. The van der Waals surface area contributed by atoms with Crippen LogP contribution in [0.25, 0.3) is 0 Å². The summed E-state index contributed by atoms with van der Waals surface area (Å²) in [5.74, 6) is 1.41. The van der Waals surface area contributed by atoms with Gasteiger partial charge in [0.15, 0.2) is 11.5 Å². The molecule has 0 saturated carbocycles. The maximum Gasteiger partial charge on any atom is 0.241 e. The molecular weight excluding hydrogens is 364 g/mol. The molecule has 0 heterocycles. The third-order valence-electron chi connectivity index (χ3n) is 4.89. The minimum Gasteiger partial charge on any atom is -0.490 e. The van der Waals surface area contributed by atoms with E-state index in [2.05, 4.69) is 29.7 Å². The van der Waals surface area contributed by atoms with Gasteiger partial charge >= 0.3 is 0 Å². The molecule has 0 aliphatic rings. The van der Waals surface area contributed by atoms with E-state index < -0.39 is 0 Å². The van der Waals surface area contributed by atoms with Crippen LogP contribution in [0, 0.1) is 20.8 Å². The number of carbonyl (C=O) groups excluding carboxylic acids is 1. The summed E-state index contributed by atoms with van der Waals surface area (Å²) < 4.78 is 11.3. The molecule has 0 unspecified atom stereocenters. The first-order valence-electron chi connectivity index (χ1n) is 10.3. The van der Waals surface area contributed by atoms with E-state index in [4.69, 9.17) is 9.47 Å². The highest BCUT2D eigenvalue weighted by atomic mass is 16.5. The van der Waals surface area contributed by atoms with E-state index in [1.165, 1.54) is 5.56 Å². The minimum atomic E-state index is -0.354. The van der Waals surface area contributed by atoms with Gasteiger partial charge in [0.05, 0.1) is 19.3 Å². The molecule has 2 aromatic carbocycles. The molecule has 0 aliphatic carbocycles. The van der Waals surface area contributed by atoms with Crippen molar-refractivity contribution >= 4 is 11.6 Å². The lowest BCUT2D eigenvalue weighted by atomic mass is 10.0. The number of hydrogen-bond donors (Lipinski definition) is 2. The van der Waals surface area contributed by atoms with Crippen LogP contribution >= 0.6 is 0 Å². The normalized spacial score (nSPS) is 12.9. The first-order valence-corrected chi connectivity index (χ1v) is 10.3. The Labute approximate surface area is 174 Å². The molecule has 29 heavy (non-hydrogen) atoms. The zero-order valence-electron chi connectivity index (χ0n) is 18.7. The van der Waals surface area contributed by atoms with Gasteiger partial charge in [0.25, 0.3) is 0 Å². The Morgan fingerprint density at radius 1 is 0.931 bits per heavy atom. The smallest absolute Gasteiger partial charge is 0.241 e. The largest absolute Gasteiger partial charge is 0.490 e. The average molecular weight is 399 g/mol. The summed E-state index contributed by atoms with van der Waals surface area (Å²) in [5, 5.41) is 6.45. The van der Waals surface area contributed by atoms with Crippen molar-refractivity contribution in [1.82, 2.24) is 5.32 Å². The van der Waals surface area contributed by atoms with Gasteiger partial charge in [-0.05, 0) is 77.3 Å². The number of rotatable bonds is 9. The molecule has 0 bridgehead atoms. The monoisotopic (exact) mass is 398 g/mol. The fourth-order valence-electron chi connectivity index (χ4n) is 3.49. The zero-order chi connectivity index (χ0) is 21.6. The second-order valence-electron chi connectivity index (χ2n) is 7.45. The van der Waals surface area contributed by atoms with E-state index in [1.807, 2.05) is 59.7 Å². The van der Waals surface area contributed by atoms with E-state index >= 15 is 0 Å². The van der Waals surface area contributed by atoms with Crippen molar-refractivity contribution in [2.45, 2.75) is 60.5 Å². The van der Waals surface area contributed by atoms with Gasteiger partial charge in [-0.25, -0.2) is 0 Å². The molecule has 2 atom stereocenters. The van der Waals surface area contributed by atoms with Gasteiger partial charge in [0.1, 0.15) is 0 Å². The Morgan fingerprint density at radius 3 is 2.10 bits per heavy atom. The van der Waals surface area contributed by atoms with Crippen LogP contribution in [0.5, 0.6) is 11.5 Å². The number of carbonyl (C=O) groups is 1. The van der Waals surface area contributed by atoms with Crippen LogP contribution in [0.3, 0.4) is 0 Å². The summed E-state index contributed by atoms with van der Waals surface area (Å²) in [5.41, 5.74) is 5.27. The lowest BCUT2D eigenvalue weighted by molar-refractivity contribution is -0.117. The van der Waals surface area contributed by atoms with Gasteiger partial charge in [-0.15, -0.1) is 0 Å². The first kappa shape index (κ1) is 22.8. The number of nitrogens with one attached hydrogen (secondary N) is 2. The lowest BCUT2D eigenvalue weighted by Gasteiger charge is -2.22.